The summed E-state index contributed by atoms with van der Waals surface area (Å²) in [7, 11) is 0. The van der Waals surface area contributed by atoms with Crippen molar-refractivity contribution in [1.82, 2.24) is 4.98 Å². The Morgan fingerprint density at radius 2 is 2.04 bits per heavy atom. The first-order valence-corrected chi connectivity index (χ1v) is 9.23. The maximum absolute atomic E-state index is 12.1. The Kier molecular flexibility index (Phi) is 5.45. The van der Waals surface area contributed by atoms with E-state index in [1.807, 2.05) is 6.07 Å². The average molecular weight is 423 g/mol. The summed E-state index contributed by atoms with van der Waals surface area (Å²) >= 11 is 9.56. The minimum absolute atomic E-state index is 0.123. The van der Waals surface area contributed by atoms with E-state index in [0.717, 1.165) is 40.4 Å². The molecule has 0 radical (unpaired) electrons. The topological polar surface area (TPSA) is 59.4 Å². The van der Waals surface area contributed by atoms with Gasteiger partial charge in [0, 0.05) is 10.0 Å². The molecule has 0 bridgehead atoms. The second-order valence-corrected chi connectivity index (χ2v) is 7.04. The van der Waals surface area contributed by atoms with Gasteiger partial charge in [0.25, 0.3) is 0 Å². The third kappa shape index (κ3) is 3.72. The number of allylic oxidation sites excluding steroid dienone is 2. The van der Waals surface area contributed by atoms with Crippen molar-refractivity contribution in [1.29, 1.82) is 0 Å². The number of phenols is 1. The number of aromatic nitrogens is 1. The van der Waals surface area contributed by atoms with E-state index in [1.54, 1.807) is 31.2 Å². The summed E-state index contributed by atoms with van der Waals surface area (Å²) in [5.74, 6) is -0.294. The van der Waals surface area contributed by atoms with Gasteiger partial charge in [0.2, 0.25) is 0 Å². The van der Waals surface area contributed by atoms with Gasteiger partial charge in [0.05, 0.1) is 17.3 Å². The zero-order valence-corrected chi connectivity index (χ0v) is 16.0. The van der Waals surface area contributed by atoms with E-state index in [2.05, 4.69) is 20.9 Å². The first-order valence-electron chi connectivity index (χ1n) is 8.06. The minimum atomic E-state index is -0.528. The monoisotopic (exact) mass is 421 g/mol. The molecule has 0 aliphatic heterocycles. The largest absolute Gasteiger partial charge is 0.507 e. The number of esters is 1. The Hall–Kier alpha value is -1.85. The van der Waals surface area contributed by atoms with Gasteiger partial charge in [-0.25, -0.2) is 9.78 Å². The Morgan fingerprint density at radius 1 is 1.28 bits per heavy atom. The fraction of sp³-hybridized carbons (Fsp3) is 0.263. The first-order chi connectivity index (χ1) is 12.0. The molecule has 0 saturated carbocycles. The Balaban J connectivity index is 2.09. The summed E-state index contributed by atoms with van der Waals surface area (Å²) in [6, 6.07) is 8.84. The van der Waals surface area contributed by atoms with Gasteiger partial charge in [-0.2, -0.15) is 0 Å². The van der Waals surface area contributed by atoms with Gasteiger partial charge in [-0.15, -0.1) is 0 Å². The van der Waals surface area contributed by atoms with Crippen LogP contribution < -0.4 is 0 Å². The van der Waals surface area contributed by atoms with Crippen molar-refractivity contribution in [2.24, 2.45) is 0 Å². The SMILES string of the molecule is CCOC(=O)c1nc(C2=C(c3cc(Br)ccc3O)CCC2)ccc1Cl. The molecular formula is C19H17BrClNO3. The van der Waals surface area contributed by atoms with Crippen molar-refractivity contribution < 1.29 is 14.6 Å². The summed E-state index contributed by atoms with van der Waals surface area (Å²) in [6.07, 6.45) is 2.65. The van der Waals surface area contributed by atoms with Gasteiger partial charge < -0.3 is 9.84 Å². The van der Waals surface area contributed by atoms with Gasteiger partial charge in [-0.3, -0.25) is 0 Å². The van der Waals surface area contributed by atoms with Gasteiger partial charge >= 0.3 is 5.97 Å². The molecule has 0 spiro atoms. The number of hydrogen-bond donors (Lipinski definition) is 1. The molecule has 2 aromatic rings. The van der Waals surface area contributed by atoms with Crippen molar-refractivity contribution in [2.75, 3.05) is 6.61 Å². The molecule has 0 unspecified atom stereocenters. The van der Waals surface area contributed by atoms with Crippen LogP contribution in [0.4, 0.5) is 0 Å². The van der Waals surface area contributed by atoms with Gasteiger partial charge in [0.1, 0.15) is 5.75 Å². The summed E-state index contributed by atoms with van der Waals surface area (Å²) < 4.78 is 5.92. The molecule has 0 saturated heterocycles. The normalized spacial score (nSPS) is 14.0. The molecule has 4 nitrogen and oxygen atoms in total. The van der Waals surface area contributed by atoms with Gasteiger partial charge in [-0.05, 0) is 67.7 Å². The molecule has 6 heteroatoms. The summed E-state index contributed by atoms with van der Waals surface area (Å²) in [6.45, 7) is 2.00. The van der Waals surface area contributed by atoms with E-state index < -0.39 is 5.97 Å². The average Bonchev–Trinajstić information content (AvgIpc) is 3.07. The molecule has 130 valence electrons. The summed E-state index contributed by atoms with van der Waals surface area (Å²) in [4.78, 5) is 16.5. The number of ether oxygens (including phenoxy) is 1. The van der Waals surface area contributed by atoms with E-state index in [9.17, 15) is 9.90 Å². The van der Waals surface area contributed by atoms with Crippen molar-refractivity contribution >= 4 is 44.6 Å². The third-order valence-electron chi connectivity index (χ3n) is 4.13. The fourth-order valence-corrected chi connectivity index (χ4v) is 3.57. The van der Waals surface area contributed by atoms with E-state index in [1.165, 1.54) is 0 Å². The molecule has 1 heterocycles. The predicted molar refractivity (Wildman–Crippen MR) is 102 cm³/mol. The Morgan fingerprint density at radius 3 is 2.80 bits per heavy atom. The van der Waals surface area contributed by atoms with Crippen molar-refractivity contribution in [3.63, 3.8) is 0 Å². The van der Waals surface area contributed by atoms with E-state index in [0.29, 0.717) is 5.69 Å². The number of pyridine rings is 1. The van der Waals surface area contributed by atoms with Crippen LogP contribution in [0, 0.1) is 0 Å². The number of rotatable bonds is 4. The number of nitrogens with zero attached hydrogens (tertiary/aromatic N) is 1. The number of benzene rings is 1. The molecule has 1 aliphatic rings. The highest BCUT2D eigenvalue weighted by Gasteiger charge is 2.23. The second kappa shape index (κ2) is 7.58. The molecule has 1 aliphatic carbocycles. The molecule has 0 amide bonds. The Labute approximate surface area is 159 Å². The number of halogens is 2. The van der Waals surface area contributed by atoms with Gasteiger partial charge in [0.15, 0.2) is 5.69 Å². The maximum atomic E-state index is 12.1. The number of phenolic OH excluding ortho intramolecular Hbond substituents is 1. The Bertz CT molecular complexity index is 864. The van der Waals surface area contributed by atoms with Crippen molar-refractivity contribution in [3.8, 4) is 5.75 Å². The standard InChI is InChI=1S/C19H17BrClNO3/c1-2-25-19(24)18-15(21)7-8-16(22-18)13-5-3-4-12(13)14-10-11(20)6-9-17(14)23/h6-10,23H,2-5H2,1H3. The smallest absolute Gasteiger partial charge is 0.358 e. The van der Waals surface area contributed by atoms with Gasteiger partial charge in [-0.1, -0.05) is 27.5 Å². The number of aromatic hydroxyl groups is 1. The van der Waals surface area contributed by atoms with Crippen LogP contribution >= 0.6 is 27.5 Å². The highest BCUT2D eigenvalue weighted by atomic mass is 79.9. The van der Waals surface area contributed by atoms with E-state index in [-0.39, 0.29) is 23.1 Å². The molecule has 1 aromatic heterocycles. The van der Waals surface area contributed by atoms with Crippen LogP contribution in [0.5, 0.6) is 5.75 Å². The molecule has 25 heavy (non-hydrogen) atoms. The molecule has 1 aromatic carbocycles. The van der Waals surface area contributed by atoms with E-state index >= 15 is 0 Å². The number of carbonyl (C=O) groups is 1. The van der Waals surface area contributed by atoms with Crippen LogP contribution in [0.25, 0.3) is 11.1 Å². The second-order valence-electron chi connectivity index (χ2n) is 5.72. The lowest BCUT2D eigenvalue weighted by molar-refractivity contribution is 0.0519. The minimum Gasteiger partial charge on any atom is -0.507 e. The highest BCUT2D eigenvalue weighted by Crippen LogP contribution is 2.43. The van der Waals surface area contributed by atoms with Crippen LogP contribution in [0.2, 0.25) is 5.02 Å². The van der Waals surface area contributed by atoms with Crippen LogP contribution in [-0.2, 0) is 4.74 Å². The zero-order chi connectivity index (χ0) is 18.0. The lowest BCUT2D eigenvalue weighted by Gasteiger charge is -2.11. The number of carbonyl (C=O) groups excluding carboxylic acids is 1. The molecule has 1 N–H and O–H groups in total. The molecule has 0 atom stereocenters. The number of hydrogen-bond acceptors (Lipinski definition) is 4. The van der Waals surface area contributed by atoms with Crippen LogP contribution in [-0.4, -0.2) is 22.7 Å². The molecular weight excluding hydrogens is 406 g/mol. The molecule has 3 rings (SSSR count). The van der Waals surface area contributed by atoms with Crippen LogP contribution in [0.3, 0.4) is 0 Å². The zero-order valence-electron chi connectivity index (χ0n) is 13.7. The lowest BCUT2D eigenvalue weighted by atomic mass is 9.99. The molecule has 0 fully saturated rings. The lowest BCUT2D eigenvalue weighted by Crippen LogP contribution is -2.09. The summed E-state index contributed by atoms with van der Waals surface area (Å²) in [5, 5.41) is 10.5. The fourth-order valence-electron chi connectivity index (χ4n) is 3.03. The quantitative estimate of drug-likeness (QED) is 0.663. The summed E-state index contributed by atoms with van der Waals surface area (Å²) in [5.41, 5.74) is 3.67. The van der Waals surface area contributed by atoms with Crippen molar-refractivity contribution in [3.05, 3.63) is 56.8 Å². The van der Waals surface area contributed by atoms with Crippen molar-refractivity contribution in [2.45, 2.75) is 26.2 Å². The van der Waals surface area contributed by atoms with Crippen LogP contribution in [0.1, 0.15) is 47.9 Å². The van der Waals surface area contributed by atoms with E-state index in [4.69, 9.17) is 16.3 Å². The maximum Gasteiger partial charge on any atom is 0.358 e. The first kappa shape index (κ1) is 18.0. The third-order valence-corrected chi connectivity index (χ3v) is 4.92. The van der Waals surface area contributed by atoms with Crippen LogP contribution in [0.15, 0.2) is 34.8 Å². The predicted octanol–water partition coefficient (Wildman–Crippen LogP) is 5.47. The highest BCUT2D eigenvalue weighted by molar-refractivity contribution is 9.10.